The van der Waals surface area contributed by atoms with Crippen LogP contribution in [0.2, 0.25) is 0 Å². The Balaban J connectivity index is 1.19. The Morgan fingerprint density at radius 2 is 1.71 bits per heavy atom. The van der Waals surface area contributed by atoms with Gasteiger partial charge >= 0.3 is 0 Å². The minimum Gasteiger partial charge on any atom is -0.438 e. The van der Waals surface area contributed by atoms with E-state index in [0.29, 0.717) is 23.2 Å². The number of carbonyl (C=O) groups is 1. The zero-order valence-electron chi connectivity index (χ0n) is 20.1. The van der Waals surface area contributed by atoms with Crippen LogP contribution in [0.25, 0.3) is 10.9 Å². The predicted octanol–water partition coefficient (Wildman–Crippen LogP) is 6.19. The van der Waals surface area contributed by atoms with Gasteiger partial charge in [0.05, 0.1) is 5.52 Å². The van der Waals surface area contributed by atoms with Gasteiger partial charge in [-0.1, -0.05) is 30.3 Å². The van der Waals surface area contributed by atoms with Gasteiger partial charge in [0.25, 0.3) is 5.91 Å². The van der Waals surface area contributed by atoms with Crippen LogP contribution in [0, 0.1) is 13.8 Å². The van der Waals surface area contributed by atoms with Crippen LogP contribution in [0.1, 0.15) is 47.2 Å². The minimum atomic E-state index is -0.149. The second-order valence-corrected chi connectivity index (χ2v) is 9.28. The van der Waals surface area contributed by atoms with E-state index in [1.54, 1.807) is 18.3 Å². The Kier molecular flexibility index (Phi) is 6.62. The van der Waals surface area contributed by atoms with Gasteiger partial charge in [0.1, 0.15) is 17.1 Å². The fourth-order valence-corrected chi connectivity index (χ4v) is 4.71. The van der Waals surface area contributed by atoms with Crippen molar-refractivity contribution in [2.75, 3.05) is 5.32 Å². The number of aryl methyl sites for hydroxylation is 2. The smallest absolute Gasteiger partial charge is 0.257 e. The highest BCUT2D eigenvalue weighted by molar-refractivity contribution is 5.96. The summed E-state index contributed by atoms with van der Waals surface area (Å²) in [6, 6.07) is 22.0. The number of carbonyl (C=O) groups excluding carboxylic acids is 1. The normalized spacial score (nSPS) is 17.7. The largest absolute Gasteiger partial charge is 0.438 e. The second kappa shape index (κ2) is 10.1. The number of nitrogens with zero attached hydrogens (tertiary/aromatic N) is 2. The van der Waals surface area contributed by atoms with Crippen LogP contribution in [-0.2, 0) is 0 Å². The average molecular weight is 467 g/mol. The summed E-state index contributed by atoms with van der Waals surface area (Å²) in [5.74, 6) is 1.76. The van der Waals surface area contributed by atoms with Gasteiger partial charge in [0, 0.05) is 23.7 Å². The number of fused-ring (bicyclic) bond motifs is 1. The molecule has 2 N–H and O–H groups in total. The summed E-state index contributed by atoms with van der Waals surface area (Å²) >= 11 is 0. The van der Waals surface area contributed by atoms with Crippen molar-refractivity contribution in [1.29, 1.82) is 0 Å². The molecule has 6 heteroatoms. The van der Waals surface area contributed by atoms with Gasteiger partial charge in [0.2, 0.25) is 5.88 Å². The van der Waals surface area contributed by atoms with Crippen LogP contribution in [0.5, 0.6) is 11.6 Å². The summed E-state index contributed by atoms with van der Waals surface area (Å²) in [5, 5.41) is 7.98. The monoisotopic (exact) mass is 466 g/mol. The van der Waals surface area contributed by atoms with E-state index in [4.69, 9.17) is 9.72 Å². The Morgan fingerprint density at radius 1 is 0.914 bits per heavy atom. The number of aromatic nitrogens is 2. The molecule has 4 aromatic rings. The van der Waals surface area contributed by atoms with Crippen molar-refractivity contribution in [3.63, 3.8) is 0 Å². The maximum atomic E-state index is 13.1. The van der Waals surface area contributed by atoms with E-state index in [-0.39, 0.29) is 11.9 Å². The van der Waals surface area contributed by atoms with Gasteiger partial charge in [-0.05, 0) is 87.1 Å². The number of amides is 1. The summed E-state index contributed by atoms with van der Waals surface area (Å²) in [5.41, 5.74) is 3.77. The quantitative estimate of drug-likeness (QED) is 0.354. The Bertz CT molecular complexity index is 1350. The lowest BCUT2D eigenvalue weighted by Gasteiger charge is -2.30. The van der Waals surface area contributed by atoms with E-state index in [1.807, 2.05) is 43.3 Å². The molecule has 0 saturated heterocycles. The zero-order chi connectivity index (χ0) is 24.2. The van der Waals surface area contributed by atoms with Crippen molar-refractivity contribution in [3.05, 3.63) is 89.6 Å². The molecule has 1 aliphatic rings. The third kappa shape index (κ3) is 5.43. The van der Waals surface area contributed by atoms with Gasteiger partial charge < -0.3 is 15.4 Å². The van der Waals surface area contributed by atoms with Crippen molar-refractivity contribution in [1.82, 2.24) is 15.3 Å². The summed E-state index contributed by atoms with van der Waals surface area (Å²) in [6.07, 6.45) is 5.40. The molecule has 0 unspecified atom stereocenters. The van der Waals surface area contributed by atoms with Crippen molar-refractivity contribution in [2.45, 2.75) is 51.6 Å². The van der Waals surface area contributed by atoms with Gasteiger partial charge in [-0.2, -0.15) is 0 Å². The Labute approximate surface area is 205 Å². The van der Waals surface area contributed by atoms with Crippen LogP contribution in [0.3, 0.4) is 0 Å². The maximum absolute atomic E-state index is 13.1. The number of pyridine rings is 2. The second-order valence-electron chi connectivity index (χ2n) is 9.28. The lowest BCUT2D eigenvalue weighted by Crippen LogP contribution is -2.40. The molecule has 35 heavy (non-hydrogen) atoms. The predicted molar refractivity (Wildman–Crippen MR) is 139 cm³/mol. The van der Waals surface area contributed by atoms with Gasteiger partial charge in [0.15, 0.2) is 0 Å². The van der Waals surface area contributed by atoms with Crippen molar-refractivity contribution < 1.29 is 9.53 Å². The van der Waals surface area contributed by atoms with Crippen molar-refractivity contribution in [2.24, 2.45) is 0 Å². The number of nitrogens with one attached hydrogen (secondary N) is 2. The van der Waals surface area contributed by atoms with E-state index in [9.17, 15) is 4.79 Å². The molecule has 2 aromatic heterocycles. The van der Waals surface area contributed by atoms with Gasteiger partial charge in [-0.25, -0.2) is 9.97 Å². The molecule has 1 amide bonds. The number of hydrogen-bond donors (Lipinski definition) is 2. The van der Waals surface area contributed by atoms with E-state index >= 15 is 0 Å². The number of benzene rings is 2. The van der Waals surface area contributed by atoms with Gasteiger partial charge in [-0.15, -0.1) is 0 Å². The molecular formula is C29H30N4O2. The molecule has 2 aromatic carbocycles. The molecule has 0 bridgehead atoms. The summed E-state index contributed by atoms with van der Waals surface area (Å²) in [7, 11) is 0. The van der Waals surface area contributed by atoms with Crippen LogP contribution >= 0.6 is 0 Å². The maximum Gasteiger partial charge on any atom is 0.257 e. The fraction of sp³-hybridized carbons (Fsp3) is 0.276. The molecule has 5 rings (SSSR count). The molecule has 6 nitrogen and oxygen atoms in total. The Morgan fingerprint density at radius 3 is 2.54 bits per heavy atom. The first-order valence-corrected chi connectivity index (χ1v) is 12.2. The van der Waals surface area contributed by atoms with Crippen LogP contribution in [0.15, 0.2) is 72.9 Å². The molecule has 0 radical (unpaired) electrons. The third-order valence-corrected chi connectivity index (χ3v) is 6.56. The Hall–Kier alpha value is -3.93. The molecule has 1 aliphatic carbocycles. The van der Waals surface area contributed by atoms with E-state index in [0.717, 1.165) is 42.6 Å². The van der Waals surface area contributed by atoms with Crippen molar-refractivity contribution in [3.8, 4) is 11.6 Å². The molecule has 0 aliphatic heterocycles. The molecule has 0 atom stereocenters. The SMILES string of the molecule is Cc1cccc(Oc2ncccc2C(=O)N[C@H]2CC[C@@H](Nc3cc(C)c4ccccc4n3)CC2)c1. The lowest BCUT2D eigenvalue weighted by molar-refractivity contribution is 0.0923. The highest BCUT2D eigenvalue weighted by atomic mass is 16.5. The number of ether oxygens (including phenoxy) is 1. The summed E-state index contributed by atoms with van der Waals surface area (Å²) in [6.45, 7) is 4.12. The summed E-state index contributed by atoms with van der Waals surface area (Å²) < 4.78 is 5.94. The highest BCUT2D eigenvalue weighted by Crippen LogP contribution is 2.27. The highest BCUT2D eigenvalue weighted by Gasteiger charge is 2.24. The number of para-hydroxylation sites is 1. The molecule has 1 fully saturated rings. The molecular weight excluding hydrogens is 436 g/mol. The molecule has 2 heterocycles. The fourth-order valence-electron chi connectivity index (χ4n) is 4.71. The standard InChI is InChI=1S/C29H30N4O2/c1-19-7-5-8-23(17-19)35-29-25(10-6-16-30-29)28(34)32-22-14-12-21(13-15-22)31-27-18-20(2)24-9-3-4-11-26(24)33-27/h3-11,16-18,21-22H,12-15H2,1-2H3,(H,31,33)(H,32,34)/t21-,22+. The van der Waals surface area contributed by atoms with E-state index < -0.39 is 0 Å². The number of hydrogen-bond acceptors (Lipinski definition) is 5. The topological polar surface area (TPSA) is 76.1 Å². The summed E-state index contributed by atoms with van der Waals surface area (Å²) in [4.78, 5) is 22.2. The minimum absolute atomic E-state index is 0.124. The average Bonchev–Trinajstić information content (AvgIpc) is 2.86. The molecule has 1 saturated carbocycles. The zero-order valence-corrected chi connectivity index (χ0v) is 20.1. The first-order valence-electron chi connectivity index (χ1n) is 12.2. The molecule has 0 spiro atoms. The van der Waals surface area contributed by atoms with Gasteiger partial charge in [-0.3, -0.25) is 4.79 Å². The van der Waals surface area contributed by atoms with Crippen LogP contribution < -0.4 is 15.4 Å². The first kappa shape index (κ1) is 22.8. The number of anilines is 1. The van der Waals surface area contributed by atoms with Crippen molar-refractivity contribution >= 4 is 22.6 Å². The number of rotatable bonds is 6. The third-order valence-electron chi connectivity index (χ3n) is 6.56. The van der Waals surface area contributed by atoms with Crippen LogP contribution in [0.4, 0.5) is 5.82 Å². The lowest BCUT2D eigenvalue weighted by atomic mass is 9.91. The first-order chi connectivity index (χ1) is 17.0. The van der Waals surface area contributed by atoms with E-state index in [1.165, 1.54) is 10.9 Å². The van der Waals surface area contributed by atoms with E-state index in [2.05, 4.69) is 40.7 Å². The van der Waals surface area contributed by atoms with Crippen LogP contribution in [-0.4, -0.2) is 28.0 Å². The molecule has 178 valence electrons.